The van der Waals surface area contributed by atoms with Crippen molar-refractivity contribution >= 4 is 48.9 Å². The molecule has 0 heterocycles. The van der Waals surface area contributed by atoms with Crippen LogP contribution in [0, 0.1) is 12.3 Å². The summed E-state index contributed by atoms with van der Waals surface area (Å²) < 4.78 is 2.15. The topological polar surface area (TPSA) is 3.24 Å². The van der Waals surface area contributed by atoms with Gasteiger partial charge in [0.15, 0.2) is 0 Å². The van der Waals surface area contributed by atoms with Crippen LogP contribution in [-0.4, -0.2) is 0 Å². The van der Waals surface area contributed by atoms with E-state index in [1.165, 1.54) is 33.5 Å². The van der Waals surface area contributed by atoms with Crippen molar-refractivity contribution in [2.75, 3.05) is 4.90 Å². The van der Waals surface area contributed by atoms with E-state index in [1.54, 1.807) is 0 Å². The fraction of sp³-hybridized carbons (Fsp3) is 0.294. The fourth-order valence-corrected chi connectivity index (χ4v) is 6.46. The van der Waals surface area contributed by atoms with Gasteiger partial charge < -0.3 is 4.90 Å². The molecule has 4 aromatic rings. The van der Waals surface area contributed by atoms with E-state index < -0.39 is 0 Å². The van der Waals surface area contributed by atoms with Crippen molar-refractivity contribution in [1.82, 2.24) is 0 Å². The van der Waals surface area contributed by atoms with E-state index in [0.29, 0.717) is 0 Å². The number of rotatable bonds is 4. The van der Waals surface area contributed by atoms with Crippen LogP contribution in [0.2, 0.25) is 0 Å². The lowest BCUT2D eigenvalue weighted by molar-refractivity contribution is 0.125. The van der Waals surface area contributed by atoms with Crippen molar-refractivity contribution in [3.8, 4) is 11.1 Å². The molecule has 1 nitrogen and oxygen atoms in total. The van der Waals surface area contributed by atoms with Crippen molar-refractivity contribution in [3.63, 3.8) is 0 Å². The monoisotopic (exact) mass is 615 g/mol. The van der Waals surface area contributed by atoms with Crippen LogP contribution in [0.15, 0.2) is 93.9 Å². The Labute approximate surface area is 239 Å². The van der Waals surface area contributed by atoms with Crippen LogP contribution in [0.5, 0.6) is 0 Å². The summed E-state index contributed by atoms with van der Waals surface area (Å²) in [7, 11) is 0. The first-order valence-corrected chi connectivity index (χ1v) is 14.5. The lowest BCUT2D eigenvalue weighted by Gasteiger charge is -2.44. The van der Waals surface area contributed by atoms with Gasteiger partial charge in [0.1, 0.15) is 0 Å². The van der Waals surface area contributed by atoms with E-state index >= 15 is 0 Å². The molecule has 4 aromatic carbocycles. The minimum atomic E-state index is 0.0940. The molecule has 1 aliphatic carbocycles. The van der Waals surface area contributed by atoms with Gasteiger partial charge in [-0.2, -0.15) is 0 Å². The van der Waals surface area contributed by atoms with Crippen molar-refractivity contribution in [1.29, 1.82) is 0 Å². The van der Waals surface area contributed by atoms with Gasteiger partial charge in [0.25, 0.3) is 0 Å². The second-order valence-electron chi connectivity index (χ2n) is 11.9. The number of halogens is 2. The average molecular weight is 617 g/mol. The molecule has 0 saturated heterocycles. The Hall–Kier alpha value is -2.36. The van der Waals surface area contributed by atoms with Crippen molar-refractivity contribution < 1.29 is 0 Å². The molecule has 0 amide bonds. The average Bonchev–Trinajstić information content (AvgIpc) is 2.96. The second kappa shape index (κ2) is 9.13. The predicted molar refractivity (Wildman–Crippen MR) is 167 cm³/mol. The Bertz CT molecular complexity index is 1420. The fourth-order valence-electron chi connectivity index (χ4n) is 5.93. The van der Waals surface area contributed by atoms with Crippen LogP contribution in [0.25, 0.3) is 11.1 Å². The van der Waals surface area contributed by atoms with Gasteiger partial charge in [-0.25, -0.2) is 0 Å². The molecule has 0 aliphatic heterocycles. The third-order valence-corrected chi connectivity index (χ3v) is 10.5. The van der Waals surface area contributed by atoms with Crippen molar-refractivity contribution in [3.05, 3.63) is 111 Å². The molecule has 190 valence electrons. The standard InChI is InChI=1S/C34H35Br2N/c1-22-20-23(24-8-18-29-30(21-24)33(4,5)34(6,7)32(29,2)3)9-19-31(22)37(27-14-10-25(35)11-15-27)28-16-12-26(36)13-17-28/h8-21H,1-7H3. The molecule has 0 saturated carbocycles. The molecule has 0 radical (unpaired) electrons. The van der Waals surface area contributed by atoms with E-state index in [2.05, 4.69) is 170 Å². The highest BCUT2D eigenvalue weighted by Gasteiger charge is 2.56. The number of hydrogen-bond acceptors (Lipinski definition) is 1. The molecule has 3 heteroatoms. The van der Waals surface area contributed by atoms with Gasteiger partial charge in [0, 0.05) is 26.0 Å². The van der Waals surface area contributed by atoms with E-state index in [0.717, 1.165) is 20.3 Å². The summed E-state index contributed by atoms with van der Waals surface area (Å²) in [4.78, 5) is 2.33. The molecule has 0 unspecified atom stereocenters. The summed E-state index contributed by atoms with van der Waals surface area (Å²) in [5.41, 5.74) is 10.6. The zero-order chi connectivity index (χ0) is 26.8. The van der Waals surface area contributed by atoms with E-state index in [-0.39, 0.29) is 16.2 Å². The highest BCUT2D eigenvalue weighted by molar-refractivity contribution is 9.10. The molecule has 0 atom stereocenters. The SMILES string of the molecule is Cc1cc(-c2ccc3c(c2)C(C)(C)C(C)(C)C3(C)C)ccc1N(c1ccc(Br)cc1)c1ccc(Br)cc1. The van der Waals surface area contributed by atoms with E-state index in [4.69, 9.17) is 0 Å². The number of anilines is 3. The van der Waals surface area contributed by atoms with Gasteiger partial charge in [-0.05, 0) is 112 Å². The molecule has 0 spiro atoms. The Balaban J connectivity index is 1.59. The van der Waals surface area contributed by atoms with Gasteiger partial charge >= 0.3 is 0 Å². The van der Waals surface area contributed by atoms with E-state index in [9.17, 15) is 0 Å². The Morgan fingerprint density at radius 1 is 0.541 bits per heavy atom. The van der Waals surface area contributed by atoms with Gasteiger partial charge in [-0.1, -0.05) is 97.7 Å². The minimum absolute atomic E-state index is 0.0940. The summed E-state index contributed by atoms with van der Waals surface area (Å²) >= 11 is 7.17. The maximum atomic E-state index is 3.58. The Morgan fingerprint density at radius 2 is 1.00 bits per heavy atom. The number of benzene rings is 4. The number of fused-ring (bicyclic) bond motifs is 1. The van der Waals surface area contributed by atoms with E-state index in [1.807, 2.05) is 0 Å². The quantitative estimate of drug-likeness (QED) is 0.220. The normalized spacial score (nSPS) is 16.9. The molecule has 37 heavy (non-hydrogen) atoms. The largest absolute Gasteiger partial charge is 0.310 e. The summed E-state index contributed by atoms with van der Waals surface area (Å²) in [6.45, 7) is 16.7. The maximum absolute atomic E-state index is 3.58. The molecule has 1 aliphatic rings. The van der Waals surface area contributed by atoms with Crippen LogP contribution in [0.3, 0.4) is 0 Å². The minimum Gasteiger partial charge on any atom is -0.310 e. The summed E-state index contributed by atoms with van der Waals surface area (Å²) in [5, 5.41) is 0. The third kappa shape index (κ3) is 4.19. The van der Waals surface area contributed by atoms with Crippen molar-refractivity contribution in [2.24, 2.45) is 5.41 Å². The molecule has 5 rings (SSSR count). The first-order valence-electron chi connectivity index (χ1n) is 12.9. The van der Waals surface area contributed by atoms with Gasteiger partial charge in [0.2, 0.25) is 0 Å². The zero-order valence-corrected chi connectivity index (χ0v) is 26.0. The first kappa shape index (κ1) is 26.3. The highest BCUT2D eigenvalue weighted by Crippen LogP contribution is 2.61. The summed E-state index contributed by atoms with van der Waals surface area (Å²) in [6.07, 6.45) is 0. The Morgan fingerprint density at radius 3 is 1.51 bits per heavy atom. The molecule has 0 aromatic heterocycles. The second-order valence-corrected chi connectivity index (χ2v) is 13.8. The number of aryl methyl sites for hydroxylation is 1. The predicted octanol–water partition coefficient (Wildman–Crippen LogP) is 11.3. The highest BCUT2D eigenvalue weighted by atomic mass is 79.9. The smallest absolute Gasteiger partial charge is 0.0491 e. The summed E-state index contributed by atoms with van der Waals surface area (Å²) in [5.74, 6) is 0. The number of hydrogen-bond donors (Lipinski definition) is 0. The zero-order valence-electron chi connectivity index (χ0n) is 22.8. The van der Waals surface area contributed by atoms with Gasteiger partial charge in [-0.15, -0.1) is 0 Å². The lowest BCUT2D eigenvalue weighted by Crippen LogP contribution is -2.42. The third-order valence-electron chi connectivity index (χ3n) is 9.43. The Kier molecular flexibility index (Phi) is 6.48. The molecular formula is C34H35Br2N. The van der Waals surface area contributed by atoms with Crippen LogP contribution in [0.4, 0.5) is 17.1 Å². The van der Waals surface area contributed by atoms with Gasteiger partial charge in [0.05, 0.1) is 0 Å². The molecule has 0 bridgehead atoms. The lowest BCUT2D eigenvalue weighted by atomic mass is 9.59. The molecule has 0 N–H and O–H groups in total. The molecular weight excluding hydrogens is 582 g/mol. The van der Waals surface area contributed by atoms with Crippen LogP contribution in [0.1, 0.15) is 58.2 Å². The number of nitrogens with zero attached hydrogens (tertiary/aromatic N) is 1. The van der Waals surface area contributed by atoms with Crippen LogP contribution >= 0.6 is 31.9 Å². The van der Waals surface area contributed by atoms with Crippen LogP contribution in [-0.2, 0) is 10.8 Å². The maximum Gasteiger partial charge on any atom is 0.0491 e. The molecule has 0 fully saturated rings. The first-order chi connectivity index (χ1) is 17.3. The van der Waals surface area contributed by atoms with Gasteiger partial charge in [-0.3, -0.25) is 0 Å². The van der Waals surface area contributed by atoms with Crippen LogP contribution < -0.4 is 4.90 Å². The van der Waals surface area contributed by atoms with Crippen molar-refractivity contribution in [2.45, 2.75) is 59.3 Å². The summed E-state index contributed by atoms with van der Waals surface area (Å²) in [6, 6.07) is 31.0.